The van der Waals surface area contributed by atoms with Gasteiger partial charge in [-0.15, -0.1) is 0 Å². The number of ether oxygens (including phenoxy) is 2. The van der Waals surface area contributed by atoms with Gasteiger partial charge in [-0.05, 0) is 80.6 Å². The van der Waals surface area contributed by atoms with Gasteiger partial charge in [-0.3, -0.25) is 4.79 Å². The minimum Gasteiger partial charge on any atom is -0.497 e. The van der Waals surface area contributed by atoms with Crippen LogP contribution in [0.15, 0.2) is 53.1 Å². The average Bonchev–Trinajstić information content (AvgIpc) is 3.48. The van der Waals surface area contributed by atoms with Crippen molar-refractivity contribution in [3.05, 3.63) is 54.4 Å². The number of hydrogen-bond acceptors (Lipinski definition) is 6. The van der Waals surface area contributed by atoms with Crippen LogP contribution in [0, 0.1) is 0 Å². The van der Waals surface area contributed by atoms with Gasteiger partial charge in [0.15, 0.2) is 0 Å². The summed E-state index contributed by atoms with van der Waals surface area (Å²) in [7, 11) is 1.62. The van der Waals surface area contributed by atoms with Crippen LogP contribution in [-0.4, -0.2) is 29.3 Å². The molecule has 4 rings (SSSR count). The van der Waals surface area contributed by atoms with Gasteiger partial charge in [-0.2, -0.15) is 4.98 Å². The first-order chi connectivity index (χ1) is 15.2. The molecule has 0 saturated heterocycles. The number of anilines is 1. The summed E-state index contributed by atoms with van der Waals surface area (Å²) in [5.41, 5.74) is 1.62. The quantitative estimate of drug-likeness (QED) is 0.522. The van der Waals surface area contributed by atoms with Crippen LogP contribution >= 0.6 is 0 Å². The first-order valence-corrected chi connectivity index (χ1v) is 10.7. The van der Waals surface area contributed by atoms with Crippen molar-refractivity contribution in [1.82, 2.24) is 10.1 Å². The Morgan fingerprint density at radius 1 is 1.06 bits per heavy atom. The molecule has 1 heterocycles. The second kappa shape index (κ2) is 10.1. The fraction of sp³-hybridized carbons (Fsp3) is 0.375. The molecule has 1 fully saturated rings. The minimum atomic E-state index is -0.0423. The number of benzene rings is 2. The molecule has 3 aromatic rings. The molecule has 1 aliphatic rings. The summed E-state index contributed by atoms with van der Waals surface area (Å²) < 4.78 is 16.4. The molecule has 2 aromatic carbocycles. The predicted octanol–water partition coefficient (Wildman–Crippen LogP) is 5.03. The highest BCUT2D eigenvalue weighted by molar-refractivity contribution is 5.90. The molecule has 1 aromatic heterocycles. The standard InChI is InChI=1S/C24H27N3O4/c1-29-19-13-9-17(10-14-19)24-26-23(31-27-24)8-4-7-22(28)25-18-11-15-21(16-12-18)30-20-5-2-3-6-20/h9-16,20H,2-8H2,1H3,(H,25,28). The molecule has 0 bridgehead atoms. The van der Waals surface area contributed by atoms with Gasteiger partial charge in [0, 0.05) is 24.1 Å². The van der Waals surface area contributed by atoms with E-state index >= 15 is 0 Å². The van der Waals surface area contributed by atoms with Crippen molar-refractivity contribution in [3.63, 3.8) is 0 Å². The summed E-state index contributed by atoms with van der Waals surface area (Å²) >= 11 is 0. The Morgan fingerprint density at radius 2 is 1.77 bits per heavy atom. The van der Waals surface area contributed by atoms with E-state index in [-0.39, 0.29) is 5.91 Å². The summed E-state index contributed by atoms with van der Waals surface area (Å²) in [4.78, 5) is 16.6. The lowest BCUT2D eigenvalue weighted by molar-refractivity contribution is -0.116. The third-order valence-electron chi connectivity index (χ3n) is 5.35. The average molecular weight is 421 g/mol. The Hall–Kier alpha value is -3.35. The monoisotopic (exact) mass is 421 g/mol. The number of rotatable bonds is 9. The number of methoxy groups -OCH3 is 1. The van der Waals surface area contributed by atoms with E-state index in [1.165, 1.54) is 12.8 Å². The van der Waals surface area contributed by atoms with E-state index in [4.69, 9.17) is 14.0 Å². The molecular formula is C24H27N3O4. The van der Waals surface area contributed by atoms with Crippen molar-refractivity contribution in [2.45, 2.75) is 51.0 Å². The van der Waals surface area contributed by atoms with Crippen molar-refractivity contribution >= 4 is 11.6 Å². The zero-order valence-electron chi connectivity index (χ0n) is 17.7. The zero-order chi connectivity index (χ0) is 21.5. The molecule has 1 amide bonds. The largest absolute Gasteiger partial charge is 0.497 e. The summed E-state index contributed by atoms with van der Waals surface area (Å²) in [6.45, 7) is 0. The van der Waals surface area contributed by atoms with Crippen molar-refractivity contribution in [3.8, 4) is 22.9 Å². The van der Waals surface area contributed by atoms with Crippen LogP contribution in [0.3, 0.4) is 0 Å². The second-order valence-corrected chi connectivity index (χ2v) is 7.69. The Morgan fingerprint density at radius 3 is 2.48 bits per heavy atom. The minimum absolute atomic E-state index is 0.0423. The number of nitrogens with one attached hydrogen (secondary N) is 1. The molecule has 1 aliphatic carbocycles. The van der Waals surface area contributed by atoms with E-state index in [9.17, 15) is 4.79 Å². The van der Waals surface area contributed by atoms with Gasteiger partial charge < -0.3 is 19.3 Å². The second-order valence-electron chi connectivity index (χ2n) is 7.69. The highest BCUT2D eigenvalue weighted by Crippen LogP contribution is 2.25. The lowest BCUT2D eigenvalue weighted by Gasteiger charge is -2.13. The Bertz CT molecular complexity index is 977. The van der Waals surface area contributed by atoms with E-state index in [2.05, 4.69) is 15.5 Å². The van der Waals surface area contributed by atoms with Crippen molar-refractivity contribution < 1.29 is 18.8 Å². The molecule has 0 radical (unpaired) electrons. The molecule has 0 spiro atoms. The van der Waals surface area contributed by atoms with Gasteiger partial charge >= 0.3 is 0 Å². The fourth-order valence-corrected chi connectivity index (χ4v) is 3.65. The number of carbonyl (C=O) groups excluding carboxylic acids is 1. The molecule has 7 nitrogen and oxygen atoms in total. The normalized spacial score (nSPS) is 13.8. The van der Waals surface area contributed by atoms with Gasteiger partial charge in [0.25, 0.3) is 0 Å². The highest BCUT2D eigenvalue weighted by Gasteiger charge is 2.16. The zero-order valence-corrected chi connectivity index (χ0v) is 17.7. The third kappa shape index (κ3) is 5.84. The van der Waals surface area contributed by atoms with Crippen LogP contribution in [0.2, 0.25) is 0 Å². The smallest absolute Gasteiger partial charge is 0.226 e. The van der Waals surface area contributed by atoms with E-state index in [0.717, 1.165) is 35.6 Å². The number of amides is 1. The van der Waals surface area contributed by atoms with E-state index in [0.29, 0.717) is 37.1 Å². The van der Waals surface area contributed by atoms with Crippen molar-refractivity contribution in [2.24, 2.45) is 0 Å². The molecule has 0 unspecified atom stereocenters. The van der Waals surface area contributed by atoms with Crippen LogP contribution in [0.5, 0.6) is 11.5 Å². The Balaban J connectivity index is 1.21. The SMILES string of the molecule is COc1ccc(-c2noc(CCCC(=O)Nc3ccc(OC4CCCC4)cc3)n2)cc1. The van der Waals surface area contributed by atoms with Crippen LogP contribution in [0.4, 0.5) is 5.69 Å². The summed E-state index contributed by atoms with van der Waals surface area (Å²) in [5, 5.41) is 6.93. The maximum Gasteiger partial charge on any atom is 0.226 e. The number of aryl methyl sites for hydroxylation is 1. The van der Waals surface area contributed by atoms with Gasteiger partial charge in [0.2, 0.25) is 17.6 Å². The summed E-state index contributed by atoms with van der Waals surface area (Å²) in [6, 6.07) is 15.0. The number of nitrogens with zero attached hydrogens (tertiary/aromatic N) is 2. The third-order valence-corrected chi connectivity index (χ3v) is 5.35. The summed E-state index contributed by atoms with van der Waals surface area (Å²) in [5.74, 6) is 2.64. The number of aromatic nitrogens is 2. The van der Waals surface area contributed by atoms with Gasteiger partial charge in [0.05, 0.1) is 13.2 Å². The lowest BCUT2D eigenvalue weighted by Crippen LogP contribution is -2.12. The van der Waals surface area contributed by atoms with Gasteiger partial charge in [0.1, 0.15) is 11.5 Å². The molecular weight excluding hydrogens is 394 g/mol. The summed E-state index contributed by atoms with van der Waals surface area (Å²) in [6.07, 6.45) is 6.61. The Kier molecular flexibility index (Phi) is 6.82. The number of hydrogen-bond donors (Lipinski definition) is 1. The molecule has 0 aliphatic heterocycles. The van der Waals surface area contributed by atoms with Crippen molar-refractivity contribution in [2.75, 3.05) is 12.4 Å². The molecule has 1 saturated carbocycles. The fourth-order valence-electron chi connectivity index (χ4n) is 3.65. The van der Waals surface area contributed by atoms with E-state index in [1.807, 2.05) is 48.5 Å². The topological polar surface area (TPSA) is 86.5 Å². The first-order valence-electron chi connectivity index (χ1n) is 10.7. The first kappa shape index (κ1) is 20.9. The van der Waals surface area contributed by atoms with Crippen LogP contribution in [0.1, 0.15) is 44.4 Å². The molecule has 0 atom stereocenters. The van der Waals surface area contributed by atoms with E-state index < -0.39 is 0 Å². The maximum absolute atomic E-state index is 12.2. The van der Waals surface area contributed by atoms with Gasteiger partial charge in [-0.25, -0.2) is 0 Å². The molecule has 162 valence electrons. The lowest BCUT2D eigenvalue weighted by atomic mass is 10.2. The molecule has 31 heavy (non-hydrogen) atoms. The van der Waals surface area contributed by atoms with Crippen LogP contribution in [0.25, 0.3) is 11.4 Å². The highest BCUT2D eigenvalue weighted by atomic mass is 16.5. The number of carbonyl (C=O) groups is 1. The van der Waals surface area contributed by atoms with Crippen LogP contribution < -0.4 is 14.8 Å². The van der Waals surface area contributed by atoms with Crippen LogP contribution in [-0.2, 0) is 11.2 Å². The molecule has 1 N–H and O–H groups in total. The van der Waals surface area contributed by atoms with E-state index in [1.54, 1.807) is 7.11 Å². The van der Waals surface area contributed by atoms with Crippen molar-refractivity contribution in [1.29, 1.82) is 0 Å². The maximum atomic E-state index is 12.2. The van der Waals surface area contributed by atoms with Gasteiger partial charge in [-0.1, -0.05) is 5.16 Å². The molecule has 7 heteroatoms. The predicted molar refractivity (Wildman–Crippen MR) is 117 cm³/mol. The Labute approximate surface area is 181 Å².